The topological polar surface area (TPSA) is 43.6 Å². The Labute approximate surface area is 292 Å². The summed E-state index contributed by atoms with van der Waals surface area (Å²) in [5, 5.41) is 4.83. The van der Waals surface area contributed by atoms with Crippen molar-refractivity contribution in [1.29, 1.82) is 0 Å². The van der Waals surface area contributed by atoms with Crippen molar-refractivity contribution < 1.29 is 0 Å². The van der Waals surface area contributed by atoms with Crippen LogP contribution in [-0.2, 0) is 0 Å². The lowest BCUT2D eigenvalue weighted by Crippen LogP contribution is -2.06. The predicted octanol–water partition coefficient (Wildman–Crippen LogP) is 12.0. The highest BCUT2D eigenvalue weighted by Gasteiger charge is 2.22. The van der Waals surface area contributed by atoms with E-state index in [1.807, 2.05) is 35.6 Å². The lowest BCUT2D eigenvalue weighted by atomic mass is 10.0. The van der Waals surface area contributed by atoms with Crippen molar-refractivity contribution in [2.24, 2.45) is 0 Å². The van der Waals surface area contributed by atoms with E-state index in [0.29, 0.717) is 17.6 Å². The van der Waals surface area contributed by atoms with Crippen LogP contribution in [0.25, 0.3) is 93.0 Å². The molecular weight excluding hydrogens is 629 g/mol. The van der Waals surface area contributed by atoms with E-state index in [1.54, 1.807) is 0 Å². The highest BCUT2D eigenvalue weighted by atomic mass is 32.1. The van der Waals surface area contributed by atoms with Gasteiger partial charge in [-0.25, -0.2) is 4.98 Å². The van der Waals surface area contributed by atoms with Gasteiger partial charge < -0.3 is 0 Å². The molecule has 0 bridgehead atoms. The van der Waals surface area contributed by atoms with Crippen molar-refractivity contribution in [3.63, 3.8) is 0 Å². The van der Waals surface area contributed by atoms with Crippen LogP contribution in [0.1, 0.15) is 0 Å². The third-order valence-corrected chi connectivity index (χ3v) is 10.7. The molecule has 0 fully saturated rings. The minimum atomic E-state index is 0.594. The monoisotopic (exact) mass is 656 g/mol. The molecule has 3 heterocycles. The molecule has 10 aromatic rings. The minimum Gasteiger partial charge on any atom is -0.276 e. The van der Waals surface area contributed by atoms with E-state index in [0.717, 1.165) is 38.7 Å². The van der Waals surface area contributed by atoms with Crippen molar-refractivity contribution in [1.82, 2.24) is 19.5 Å². The molecule has 7 aromatic carbocycles. The van der Waals surface area contributed by atoms with Gasteiger partial charge in [0.25, 0.3) is 0 Å². The maximum absolute atomic E-state index is 5.29. The van der Waals surface area contributed by atoms with Crippen LogP contribution in [0.15, 0.2) is 170 Å². The number of hydrogen-bond donors (Lipinski definition) is 0. The molecule has 0 saturated carbocycles. The minimum absolute atomic E-state index is 0.594. The molecule has 0 atom stereocenters. The van der Waals surface area contributed by atoms with Crippen LogP contribution in [0, 0.1) is 0 Å². The highest BCUT2D eigenvalue weighted by Crippen LogP contribution is 2.43. The molecule has 234 valence electrons. The number of fused-ring (bicyclic) bond motifs is 7. The molecule has 5 heteroatoms. The van der Waals surface area contributed by atoms with E-state index < -0.39 is 0 Å². The summed E-state index contributed by atoms with van der Waals surface area (Å²) in [5.41, 5.74) is 8.66. The van der Waals surface area contributed by atoms with Crippen molar-refractivity contribution in [2.75, 3.05) is 0 Å². The SMILES string of the molecule is c1ccc(-c2cccc(-c3nc(-c4ccccc4)nc(-n4c5ccc(-c6ccccc6)cc5c5ccc6c7ccccc7sc6c54)n3)c2)cc1. The molecule has 0 radical (unpaired) electrons. The Bertz CT molecular complexity index is 2860. The van der Waals surface area contributed by atoms with Gasteiger partial charge in [-0.15, -0.1) is 11.3 Å². The van der Waals surface area contributed by atoms with Gasteiger partial charge in [-0.3, -0.25) is 4.57 Å². The van der Waals surface area contributed by atoms with E-state index in [1.165, 1.54) is 36.7 Å². The second-order valence-corrected chi connectivity index (χ2v) is 13.5. The first-order chi connectivity index (χ1) is 24.8. The lowest BCUT2D eigenvalue weighted by molar-refractivity contribution is 0.955. The van der Waals surface area contributed by atoms with E-state index in [-0.39, 0.29) is 0 Å². The molecule has 0 saturated heterocycles. The summed E-state index contributed by atoms with van der Waals surface area (Å²) in [6.07, 6.45) is 0. The standard InChI is InChI=1S/C45H28N4S/c1-4-13-29(14-5-1)32-19-12-20-34(27-32)44-46-43(31-17-8-3-9-18-31)47-45(48-44)49-39-26-23-33(30-15-6-2-7-16-30)28-38(39)36-24-25-37-35-21-10-11-22-40(35)50-42(37)41(36)49/h1-28H. The fourth-order valence-electron chi connectivity index (χ4n) is 7.08. The van der Waals surface area contributed by atoms with Gasteiger partial charge in [0.2, 0.25) is 5.95 Å². The fraction of sp³-hybridized carbons (Fsp3) is 0. The number of thiophene rings is 1. The maximum atomic E-state index is 5.29. The molecule has 0 aliphatic heterocycles. The Kier molecular flexibility index (Phi) is 6.64. The number of benzene rings is 7. The number of aromatic nitrogens is 4. The molecule has 50 heavy (non-hydrogen) atoms. The molecule has 4 nitrogen and oxygen atoms in total. The summed E-state index contributed by atoms with van der Waals surface area (Å²) in [6.45, 7) is 0. The average molecular weight is 657 g/mol. The van der Waals surface area contributed by atoms with E-state index in [2.05, 4.69) is 150 Å². The summed E-state index contributed by atoms with van der Waals surface area (Å²) in [4.78, 5) is 15.6. The van der Waals surface area contributed by atoms with Crippen molar-refractivity contribution in [3.05, 3.63) is 170 Å². The van der Waals surface area contributed by atoms with Gasteiger partial charge in [0.15, 0.2) is 11.6 Å². The molecule has 0 N–H and O–H groups in total. The van der Waals surface area contributed by atoms with Gasteiger partial charge in [0, 0.05) is 37.4 Å². The van der Waals surface area contributed by atoms with Crippen LogP contribution in [-0.4, -0.2) is 19.5 Å². The third-order valence-electron chi connectivity index (χ3n) is 9.46. The van der Waals surface area contributed by atoms with Crippen LogP contribution in [0.3, 0.4) is 0 Å². The Balaban J connectivity index is 1.29. The fourth-order valence-corrected chi connectivity index (χ4v) is 8.32. The summed E-state index contributed by atoms with van der Waals surface area (Å²) in [7, 11) is 0. The van der Waals surface area contributed by atoms with Crippen LogP contribution in [0.2, 0.25) is 0 Å². The average Bonchev–Trinajstić information content (AvgIpc) is 3.74. The molecular formula is C45H28N4S. The van der Waals surface area contributed by atoms with Crippen LogP contribution >= 0.6 is 11.3 Å². The second kappa shape index (κ2) is 11.6. The predicted molar refractivity (Wildman–Crippen MR) is 209 cm³/mol. The van der Waals surface area contributed by atoms with Gasteiger partial charge >= 0.3 is 0 Å². The Hall–Kier alpha value is -6.43. The molecule has 0 aliphatic rings. The van der Waals surface area contributed by atoms with E-state index >= 15 is 0 Å². The molecule has 10 rings (SSSR count). The summed E-state index contributed by atoms with van der Waals surface area (Å²) < 4.78 is 4.74. The number of hydrogen-bond acceptors (Lipinski definition) is 4. The molecule has 3 aromatic heterocycles. The van der Waals surface area contributed by atoms with Gasteiger partial charge in [-0.1, -0.05) is 146 Å². The normalized spacial score (nSPS) is 11.6. The van der Waals surface area contributed by atoms with Crippen LogP contribution in [0.5, 0.6) is 0 Å². The van der Waals surface area contributed by atoms with Crippen molar-refractivity contribution in [3.8, 4) is 51.0 Å². The molecule has 0 amide bonds. The second-order valence-electron chi connectivity index (χ2n) is 12.5. The first-order valence-electron chi connectivity index (χ1n) is 16.7. The quantitative estimate of drug-likeness (QED) is 0.185. The van der Waals surface area contributed by atoms with E-state index in [4.69, 9.17) is 15.0 Å². The molecule has 0 unspecified atom stereocenters. The zero-order chi connectivity index (χ0) is 33.0. The number of nitrogens with zero attached hydrogens (tertiary/aromatic N) is 4. The van der Waals surface area contributed by atoms with Gasteiger partial charge in [-0.2, -0.15) is 9.97 Å². The number of rotatable bonds is 5. The smallest absolute Gasteiger partial charge is 0.238 e. The first-order valence-corrected chi connectivity index (χ1v) is 17.5. The third kappa shape index (κ3) is 4.71. The zero-order valence-corrected chi connectivity index (χ0v) is 27.7. The van der Waals surface area contributed by atoms with Crippen LogP contribution in [0.4, 0.5) is 0 Å². The Morgan fingerprint density at radius 3 is 1.70 bits per heavy atom. The molecule has 0 aliphatic carbocycles. The Morgan fingerprint density at radius 1 is 0.380 bits per heavy atom. The Morgan fingerprint density at radius 2 is 0.960 bits per heavy atom. The van der Waals surface area contributed by atoms with Gasteiger partial charge in [0.05, 0.1) is 15.7 Å². The zero-order valence-electron chi connectivity index (χ0n) is 26.9. The van der Waals surface area contributed by atoms with Gasteiger partial charge in [0.1, 0.15) is 0 Å². The largest absolute Gasteiger partial charge is 0.276 e. The summed E-state index contributed by atoms with van der Waals surface area (Å²) >= 11 is 1.82. The summed E-state index contributed by atoms with van der Waals surface area (Å²) in [6, 6.07) is 59.6. The highest BCUT2D eigenvalue weighted by molar-refractivity contribution is 7.26. The van der Waals surface area contributed by atoms with Crippen LogP contribution < -0.4 is 0 Å². The van der Waals surface area contributed by atoms with Gasteiger partial charge in [-0.05, 0) is 46.5 Å². The van der Waals surface area contributed by atoms with Crippen molar-refractivity contribution >= 4 is 53.3 Å². The van der Waals surface area contributed by atoms with Crippen molar-refractivity contribution in [2.45, 2.75) is 0 Å². The lowest BCUT2D eigenvalue weighted by Gasteiger charge is -2.12. The molecule has 0 spiro atoms. The van der Waals surface area contributed by atoms with E-state index in [9.17, 15) is 0 Å². The summed E-state index contributed by atoms with van der Waals surface area (Å²) in [5.74, 6) is 1.86. The first kappa shape index (κ1) is 28.6. The maximum Gasteiger partial charge on any atom is 0.238 e.